The summed E-state index contributed by atoms with van der Waals surface area (Å²) in [5.41, 5.74) is 1.77. The smallest absolute Gasteiger partial charge is 0.258 e. The molecule has 0 unspecified atom stereocenters. The number of nitrogens with one attached hydrogen (secondary N) is 1. The third kappa shape index (κ3) is 5.34. The quantitative estimate of drug-likeness (QED) is 0.300. The first-order valence-corrected chi connectivity index (χ1v) is 12.6. The zero-order valence-electron chi connectivity index (χ0n) is 17.4. The van der Waals surface area contributed by atoms with Crippen molar-refractivity contribution in [1.82, 2.24) is 4.72 Å². The molecule has 3 aromatic carbocycles. The average Bonchev–Trinajstić information content (AvgIpc) is 3.22. The van der Waals surface area contributed by atoms with Crippen molar-refractivity contribution in [3.05, 3.63) is 97.5 Å². The van der Waals surface area contributed by atoms with Crippen molar-refractivity contribution in [2.45, 2.75) is 17.4 Å². The number of non-ortho nitro benzene ring substituents is 1. The molecular weight excluding hydrogens is 523 g/mol. The first-order chi connectivity index (χ1) is 16.1. The van der Waals surface area contributed by atoms with E-state index in [-0.39, 0.29) is 23.2 Å². The number of nitrogens with zero attached hydrogens (tertiary/aromatic N) is 3. The summed E-state index contributed by atoms with van der Waals surface area (Å²) in [6, 6.07) is 16.9. The molecule has 1 atom stereocenters. The van der Waals surface area contributed by atoms with Crippen LogP contribution in [0.15, 0.2) is 76.7 Å². The van der Waals surface area contributed by atoms with Gasteiger partial charge in [0.05, 0.1) is 38.8 Å². The lowest BCUT2D eigenvalue weighted by Crippen LogP contribution is -2.29. The Kier molecular flexibility index (Phi) is 7.11. The van der Waals surface area contributed by atoms with E-state index in [1.165, 1.54) is 18.2 Å². The van der Waals surface area contributed by atoms with Gasteiger partial charge in [0.15, 0.2) is 0 Å². The van der Waals surface area contributed by atoms with Gasteiger partial charge in [0.1, 0.15) is 0 Å². The zero-order valence-corrected chi connectivity index (χ0v) is 20.4. The molecule has 4 rings (SSSR count). The fraction of sp³-hybridized carbons (Fsp3) is 0.136. The Balaban J connectivity index is 1.61. The van der Waals surface area contributed by atoms with E-state index in [1.807, 2.05) is 12.1 Å². The van der Waals surface area contributed by atoms with E-state index in [4.69, 9.17) is 34.8 Å². The number of hydrogen-bond acceptors (Lipinski definition) is 6. The van der Waals surface area contributed by atoms with Gasteiger partial charge in [-0.15, -0.1) is 0 Å². The summed E-state index contributed by atoms with van der Waals surface area (Å²) in [5.74, 6) is 0. The van der Waals surface area contributed by atoms with Crippen LogP contribution >= 0.6 is 34.8 Å². The van der Waals surface area contributed by atoms with Gasteiger partial charge in [-0.1, -0.05) is 53.0 Å². The van der Waals surface area contributed by atoms with E-state index in [0.717, 1.165) is 11.6 Å². The van der Waals surface area contributed by atoms with Gasteiger partial charge in [-0.3, -0.25) is 15.1 Å². The van der Waals surface area contributed by atoms with Crippen LogP contribution < -0.4 is 9.73 Å². The molecule has 8 nitrogen and oxygen atoms in total. The van der Waals surface area contributed by atoms with Gasteiger partial charge >= 0.3 is 0 Å². The van der Waals surface area contributed by atoms with Crippen LogP contribution in [0.25, 0.3) is 0 Å². The lowest BCUT2D eigenvalue weighted by atomic mass is 10.0. The van der Waals surface area contributed by atoms with Gasteiger partial charge in [-0.25, -0.2) is 13.1 Å². The Bertz CT molecular complexity index is 1380. The average molecular weight is 540 g/mol. The van der Waals surface area contributed by atoms with Crippen LogP contribution in [0.5, 0.6) is 0 Å². The fourth-order valence-electron chi connectivity index (χ4n) is 3.54. The molecule has 0 saturated carbocycles. The maximum absolute atomic E-state index is 12.7. The van der Waals surface area contributed by atoms with Crippen LogP contribution in [0.1, 0.15) is 18.0 Å². The molecule has 1 aliphatic heterocycles. The number of nitro groups is 1. The highest BCUT2D eigenvalue weighted by molar-refractivity contribution is 7.89. The molecule has 1 aliphatic rings. The van der Waals surface area contributed by atoms with Crippen molar-refractivity contribution in [3.63, 3.8) is 0 Å². The highest BCUT2D eigenvalue weighted by Crippen LogP contribution is 2.39. The van der Waals surface area contributed by atoms with E-state index in [0.29, 0.717) is 32.9 Å². The maximum Gasteiger partial charge on any atom is 0.270 e. The number of sulfonamides is 1. The van der Waals surface area contributed by atoms with Crippen LogP contribution in [0.3, 0.4) is 0 Å². The SMILES string of the molecule is O=[N+]([O-])c1cccc(S(=O)(=O)NCC2=NN(c3ccc(Cl)cc3Cl)[C@H](c3ccc(Cl)cc3)C2)c1. The van der Waals surface area contributed by atoms with E-state index < -0.39 is 14.9 Å². The number of hydrazone groups is 1. The molecule has 0 amide bonds. The summed E-state index contributed by atoms with van der Waals surface area (Å²) < 4.78 is 28.0. The van der Waals surface area contributed by atoms with E-state index in [2.05, 4.69) is 9.82 Å². The molecule has 12 heteroatoms. The molecule has 0 bridgehead atoms. The number of nitro benzene ring substituents is 1. The van der Waals surface area contributed by atoms with Crippen molar-refractivity contribution in [2.24, 2.45) is 5.10 Å². The second-order valence-electron chi connectivity index (χ2n) is 7.46. The molecule has 176 valence electrons. The summed E-state index contributed by atoms with van der Waals surface area (Å²) in [7, 11) is -4.00. The molecule has 0 saturated heterocycles. The van der Waals surface area contributed by atoms with Crippen molar-refractivity contribution < 1.29 is 13.3 Å². The second kappa shape index (κ2) is 9.89. The van der Waals surface area contributed by atoms with Crippen LogP contribution in [-0.4, -0.2) is 25.6 Å². The fourth-order valence-corrected chi connectivity index (χ4v) is 5.22. The molecule has 0 spiro atoms. The van der Waals surface area contributed by atoms with Crippen molar-refractivity contribution in [1.29, 1.82) is 0 Å². The first-order valence-electron chi connectivity index (χ1n) is 9.94. The predicted molar refractivity (Wildman–Crippen MR) is 133 cm³/mol. The largest absolute Gasteiger partial charge is 0.270 e. The minimum Gasteiger partial charge on any atom is -0.258 e. The summed E-state index contributed by atoms with van der Waals surface area (Å²) in [4.78, 5) is 10.1. The molecule has 0 aromatic heterocycles. The van der Waals surface area contributed by atoms with E-state index >= 15 is 0 Å². The Labute approximate surface area is 210 Å². The number of benzene rings is 3. The standard InChI is InChI=1S/C22H17Cl3N4O4S/c23-15-6-4-14(5-7-15)22-11-17(27-28(22)21-9-8-16(24)10-20(21)25)13-26-34(32,33)19-3-1-2-18(12-19)29(30)31/h1-10,12,22,26H,11,13H2/t22-/m0/s1. The minimum atomic E-state index is -4.00. The normalized spacial score (nSPS) is 15.9. The van der Waals surface area contributed by atoms with Gasteiger partial charge in [-0.2, -0.15) is 5.10 Å². The Morgan fingerprint density at radius 2 is 1.74 bits per heavy atom. The Morgan fingerprint density at radius 3 is 2.41 bits per heavy atom. The van der Waals surface area contributed by atoms with Crippen LogP contribution in [0.2, 0.25) is 15.1 Å². The summed E-state index contributed by atoms with van der Waals surface area (Å²) in [5, 5.41) is 18.8. The van der Waals surface area contributed by atoms with Gasteiger partial charge in [0, 0.05) is 28.6 Å². The highest BCUT2D eigenvalue weighted by atomic mass is 35.5. The summed E-state index contributed by atoms with van der Waals surface area (Å²) in [6.45, 7) is -0.0865. The number of anilines is 1. The van der Waals surface area contributed by atoms with Crippen molar-refractivity contribution in [3.8, 4) is 0 Å². The van der Waals surface area contributed by atoms with Gasteiger partial charge in [0.25, 0.3) is 5.69 Å². The predicted octanol–water partition coefficient (Wildman–Crippen LogP) is 5.84. The lowest BCUT2D eigenvalue weighted by molar-refractivity contribution is -0.385. The second-order valence-corrected chi connectivity index (χ2v) is 10.5. The van der Waals surface area contributed by atoms with Crippen LogP contribution in [0, 0.1) is 10.1 Å². The number of halogens is 3. The monoisotopic (exact) mass is 538 g/mol. The van der Waals surface area contributed by atoms with Crippen molar-refractivity contribution >= 4 is 61.9 Å². The summed E-state index contributed by atoms with van der Waals surface area (Å²) in [6.07, 6.45) is 0.415. The van der Waals surface area contributed by atoms with Crippen LogP contribution in [0.4, 0.5) is 11.4 Å². The molecular formula is C22H17Cl3N4O4S. The minimum absolute atomic E-state index is 0.0865. The Morgan fingerprint density at radius 1 is 1.03 bits per heavy atom. The third-order valence-electron chi connectivity index (χ3n) is 5.19. The molecule has 3 aromatic rings. The lowest BCUT2D eigenvalue weighted by Gasteiger charge is -2.25. The topological polar surface area (TPSA) is 105 Å². The van der Waals surface area contributed by atoms with E-state index in [1.54, 1.807) is 35.3 Å². The summed E-state index contributed by atoms with van der Waals surface area (Å²) >= 11 is 18.5. The Hall–Kier alpha value is -2.69. The molecule has 34 heavy (non-hydrogen) atoms. The van der Waals surface area contributed by atoms with Gasteiger partial charge < -0.3 is 0 Å². The number of rotatable bonds is 7. The maximum atomic E-state index is 12.7. The molecule has 1 N–H and O–H groups in total. The first kappa shape index (κ1) is 24.4. The molecule has 1 heterocycles. The zero-order chi connectivity index (χ0) is 24.5. The van der Waals surface area contributed by atoms with Crippen molar-refractivity contribution in [2.75, 3.05) is 11.6 Å². The third-order valence-corrected chi connectivity index (χ3v) is 7.38. The van der Waals surface area contributed by atoms with Gasteiger partial charge in [-0.05, 0) is 42.0 Å². The molecule has 0 aliphatic carbocycles. The molecule has 0 fully saturated rings. The van der Waals surface area contributed by atoms with Gasteiger partial charge in [0.2, 0.25) is 10.0 Å². The number of hydrogen-bond donors (Lipinski definition) is 1. The highest BCUT2D eigenvalue weighted by Gasteiger charge is 2.31. The van der Waals surface area contributed by atoms with E-state index in [9.17, 15) is 18.5 Å². The molecule has 0 radical (unpaired) electrons. The van der Waals surface area contributed by atoms with Crippen LogP contribution in [-0.2, 0) is 10.0 Å².